The van der Waals surface area contributed by atoms with Crippen LogP contribution in [-0.4, -0.2) is 32.1 Å². The van der Waals surface area contributed by atoms with Crippen LogP contribution < -0.4 is 0 Å². The second-order valence-corrected chi connectivity index (χ2v) is 8.33. The van der Waals surface area contributed by atoms with Crippen molar-refractivity contribution < 1.29 is 0 Å². The number of rotatable bonds is 4. The van der Waals surface area contributed by atoms with Crippen LogP contribution in [0.2, 0.25) is 0 Å². The molecule has 0 saturated heterocycles. The molecule has 0 amide bonds. The molecule has 3 aromatic rings. The molecule has 0 aliphatic rings. The summed E-state index contributed by atoms with van der Waals surface area (Å²) in [7, 11) is 1.84. The van der Waals surface area contributed by atoms with Crippen LogP contribution in [0.1, 0.15) is 21.1 Å². The Morgan fingerprint density at radius 2 is 1.95 bits per heavy atom. The molecular formula is C15H14GaN3S2. The molecule has 0 N–H and O–H groups in total. The van der Waals surface area contributed by atoms with Gasteiger partial charge in [-0.1, -0.05) is 0 Å². The monoisotopic (exact) mass is 369 g/mol. The third-order valence-electron chi connectivity index (χ3n) is 3.27. The molecule has 0 unspecified atom stereocenters. The Morgan fingerprint density at radius 1 is 1.19 bits per heavy atom. The summed E-state index contributed by atoms with van der Waals surface area (Å²) in [6.45, 7) is 4.32. The van der Waals surface area contributed by atoms with Gasteiger partial charge in [-0.05, 0) is 0 Å². The Morgan fingerprint density at radius 3 is 2.67 bits per heavy atom. The van der Waals surface area contributed by atoms with Gasteiger partial charge < -0.3 is 0 Å². The van der Waals surface area contributed by atoms with E-state index in [1.807, 2.05) is 50.2 Å². The first kappa shape index (κ1) is 15.0. The molecule has 3 nitrogen and oxygen atoms in total. The molecule has 0 atom stereocenters. The van der Waals surface area contributed by atoms with Crippen LogP contribution in [0.25, 0.3) is 5.69 Å². The molecule has 3 rings (SSSR count). The Balaban J connectivity index is 1.92. The Hall–Kier alpha value is -0.954. The molecule has 0 aliphatic carbocycles. The van der Waals surface area contributed by atoms with Gasteiger partial charge in [0.15, 0.2) is 0 Å². The maximum atomic E-state index is 4.66. The zero-order valence-corrected chi connectivity index (χ0v) is 16.0. The fraction of sp³-hybridized carbons (Fsp3) is 0.200. The predicted octanol–water partition coefficient (Wildman–Crippen LogP) is 3.71. The summed E-state index contributed by atoms with van der Waals surface area (Å²) in [5.74, 6) is 0.863. The van der Waals surface area contributed by atoms with Crippen molar-refractivity contribution in [1.29, 1.82) is 0 Å². The SMILES string of the molecule is Cc1sc(C)c(-n2cnc(Cc3ccccc3)n2)c1[S][Ga]. The fourth-order valence-corrected chi connectivity index (χ4v) is 6.47. The second kappa shape index (κ2) is 6.44. The van der Waals surface area contributed by atoms with Crippen molar-refractivity contribution in [2.75, 3.05) is 0 Å². The summed E-state index contributed by atoms with van der Waals surface area (Å²) >= 11 is 3.48. The van der Waals surface area contributed by atoms with Crippen LogP contribution in [0.15, 0.2) is 41.6 Å². The summed E-state index contributed by atoms with van der Waals surface area (Å²) in [4.78, 5) is 8.45. The van der Waals surface area contributed by atoms with E-state index in [0.717, 1.165) is 12.2 Å². The summed E-state index contributed by atoms with van der Waals surface area (Å²) < 4.78 is 1.93. The van der Waals surface area contributed by atoms with Crippen LogP contribution in [0.5, 0.6) is 0 Å². The summed E-state index contributed by atoms with van der Waals surface area (Å²) in [6.07, 6.45) is 2.61. The van der Waals surface area contributed by atoms with Crippen molar-refractivity contribution >= 4 is 38.4 Å². The quantitative estimate of drug-likeness (QED) is 0.656. The molecule has 0 saturated carbocycles. The van der Waals surface area contributed by atoms with E-state index in [0.29, 0.717) is 0 Å². The van der Waals surface area contributed by atoms with Crippen molar-refractivity contribution in [3.05, 3.63) is 57.8 Å². The fourth-order valence-electron chi connectivity index (χ4n) is 2.32. The molecule has 104 valence electrons. The number of benzene rings is 1. The van der Waals surface area contributed by atoms with Gasteiger partial charge in [-0.2, -0.15) is 0 Å². The van der Waals surface area contributed by atoms with E-state index in [1.54, 1.807) is 17.4 Å². The van der Waals surface area contributed by atoms with Crippen LogP contribution in [-0.2, 0) is 6.42 Å². The van der Waals surface area contributed by atoms with Gasteiger partial charge in [-0.15, -0.1) is 0 Å². The van der Waals surface area contributed by atoms with Gasteiger partial charge in [0.1, 0.15) is 0 Å². The van der Waals surface area contributed by atoms with Gasteiger partial charge in [0.25, 0.3) is 0 Å². The van der Waals surface area contributed by atoms with Crippen LogP contribution >= 0.6 is 21.0 Å². The molecule has 2 radical (unpaired) electrons. The van der Waals surface area contributed by atoms with Crippen molar-refractivity contribution in [2.24, 2.45) is 0 Å². The van der Waals surface area contributed by atoms with Gasteiger partial charge in [0.05, 0.1) is 0 Å². The van der Waals surface area contributed by atoms with Gasteiger partial charge in [0, 0.05) is 0 Å². The Bertz CT molecular complexity index is 750. The molecule has 0 spiro atoms. The third kappa shape index (κ3) is 3.13. The number of hydrogen-bond donors (Lipinski definition) is 0. The first-order chi connectivity index (χ1) is 10.2. The minimum absolute atomic E-state index is 0.772. The van der Waals surface area contributed by atoms with Crippen molar-refractivity contribution in [3.8, 4) is 5.69 Å². The second-order valence-electron chi connectivity index (χ2n) is 4.78. The average molecular weight is 370 g/mol. The molecular weight excluding hydrogens is 356 g/mol. The normalized spacial score (nSPS) is 11.0. The molecule has 0 fully saturated rings. The number of hydrogen-bond acceptors (Lipinski definition) is 4. The maximum absolute atomic E-state index is 4.66. The van der Waals surface area contributed by atoms with Crippen molar-refractivity contribution in [2.45, 2.75) is 25.2 Å². The molecule has 6 heteroatoms. The standard InChI is InChI=1S/C15H15N3S2.Ga/c1-10-14(15(19)11(2)20-10)18-9-16-13(17-18)8-12-6-4-3-5-7-12;/h3-7,9,19H,8H2,1-2H3;/q;+1/p-1. The predicted molar refractivity (Wildman–Crippen MR) is 89.6 cm³/mol. The first-order valence-corrected chi connectivity index (χ1v) is 11.3. The van der Waals surface area contributed by atoms with E-state index in [4.69, 9.17) is 0 Å². The topological polar surface area (TPSA) is 30.7 Å². The third-order valence-corrected chi connectivity index (χ3v) is 6.62. The van der Waals surface area contributed by atoms with E-state index in [-0.39, 0.29) is 0 Å². The van der Waals surface area contributed by atoms with E-state index in [1.165, 1.54) is 25.9 Å². The van der Waals surface area contributed by atoms with Gasteiger partial charge in [-0.25, -0.2) is 0 Å². The van der Waals surface area contributed by atoms with Crippen molar-refractivity contribution in [3.63, 3.8) is 0 Å². The van der Waals surface area contributed by atoms with E-state index < -0.39 is 0 Å². The van der Waals surface area contributed by atoms with E-state index in [2.05, 4.69) is 36.1 Å². The average Bonchev–Trinajstić information content (AvgIpc) is 3.03. The Labute approximate surface area is 141 Å². The van der Waals surface area contributed by atoms with Crippen molar-refractivity contribution in [1.82, 2.24) is 14.8 Å². The summed E-state index contributed by atoms with van der Waals surface area (Å²) in [5, 5.41) is 4.66. The van der Waals surface area contributed by atoms with Crippen LogP contribution in [0.3, 0.4) is 0 Å². The summed E-state index contributed by atoms with van der Waals surface area (Å²) in [6, 6.07) is 10.3. The van der Waals surface area contributed by atoms with Gasteiger partial charge in [-0.3, -0.25) is 0 Å². The Kier molecular flexibility index (Phi) is 4.58. The van der Waals surface area contributed by atoms with E-state index >= 15 is 0 Å². The number of thiophene rings is 1. The number of nitrogens with zero attached hydrogens (tertiary/aromatic N) is 3. The molecule has 1 aromatic carbocycles. The number of aromatic nitrogens is 3. The van der Waals surface area contributed by atoms with Crippen LogP contribution in [0.4, 0.5) is 0 Å². The van der Waals surface area contributed by atoms with E-state index in [9.17, 15) is 0 Å². The first-order valence-electron chi connectivity index (χ1n) is 6.60. The summed E-state index contributed by atoms with van der Waals surface area (Å²) in [5.41, 5.74) is 2.43. The molecule has 21 heavy (non-hydrogen) atoms. The van der Waals surface area contributed by atoms with Crippen LogP contribution in [0, 0.1) is 13.8 Å². The molecule has 0 aliphatic heterocycles. The number of aryl methyl sites for hydroxylation is 2. The molecule has 2 heterocycles. The van der Waals surface area contributed by atoms with Gasteiger partial charge >= 0.3 is 142 Å². The molecule has 0 bridgehead atoms. The van der Waals surface area contributed by atoms with Gasteiger partial charge in [0.2, 0.25) is 0 Å². The molecule has 2 aromatic heterocycles. The minimum atomic E-state index is 0.772. The zero-order chi connectivity index (χ0) is 14.8. The zero-order valence-electron chi connectivity index (χ0n) is 11.9.